The number of carbonyl (C=O) groups is 3. The van der Waals surface area contributed by atoms with E-state index >= 15 is 0 Å². The molecule has 0 atom stereocenters. The maximum absolute atomic E-state index is 11.9. The van der Waals surface area contributed by atoms with Gasteiger partial charge in [0.25, 0.3) is 9.70 Å². The predicted molar refractivity (Wildman–Crippen MR) is 98.5 cm³/mol. The number of methoxy groups -OCH3 is 1. The van der Waals surface area contributed by atoms with Crippen LogP contribution in [-0.4, -0.2) is 28.8 Å². The van der Waals surface area contributed by atoms with Crippen molar-refractivity contribution in [2.24, 2.45) is 0 Å². The van der Waals surface area contributed by atoms with Gasteiger partial charge in [0.1, 0.15) is 4.88 Å². The first-order valence-corrected chi connectivity index (χ1v) is 8.64. The molecule has 1 heterocycles. The average molecular weight is 422 g/mol. The molecular weight excluding hydrogens is 411 g/mol. The monoisotopic (exact) mass is 420 g/mol. The second-order valence-corrected chi connectivity index (χ2v) is 7.95. The first kappa shape index (κ1) is 19.5. The van der Waals surface area contributed by atoms with Gasteiger partial charge in [0.15, 0.2) is 0 Å². The summed E-state index contributed by atoms with van der Waals surface area (Å²) in [5.74, 6) is -1.75. The fourth-order valence-corrected chi connectivity index (χ4v) is 2.98. The second kappa shape index (κ2) is 8.05. The molecule has 0 spiro atoms. The van der Waals surface area contributed by atoms with Crippen LogP contribution in [0.1, 0.15) is 9.67 Å². The van der Waals surface area contributed by atoms with Crippen LogP contribution in [0.15, 0.2) is 36.4 Å². The molecule has 2 rings (SSSR count). The number of carbonyl (C=O) groups excluding carboxylic acids is 3. The summed E-state index contributed by atoms with van der Waals surface area (Å²) in [4.78, 5) is 36.2. The fraction of sp³-hybridized carbons (Fsp3) is 0.133. The summed E-state index contributed by atoms with van der Waals surface area (Å²) in [6.07, 6.45) is 0. The largest absolute Gasteiger partial charge is 0.465 e. The van der Waals surface area contributed by atoms with E-state index in [1.54, 1.807) is 6.07 Å². The summed E-state index contributed by atoms with van der Waals surface area (Å²) in [5.41, 5.74) is 1.02. The Kier molecular flexibility index (Phi) is 6.29. The number of amides is 3. The molecule has 0 bridgehead atoms. The molecule has 0 saturated carbocycles. The van der Waals surface area contributed by atoms with Crippen molar-refractivity contribution in [1.82, 2.24) is 5.32 Å². The molecule has 6 nitrogen and oxygen atoms in total. The minimum absolute atomic E-state index is 0.165. The van der Waals surface area contributed by atoms with Crippen molar-refractivity contribution in [3.63, 3.8) is 0 Å². The van der Waals surface area contributed by atoms with E-state index in [9.17, 15) is 14.4 Å². The van der Waals surface area contributed by atoms with E-state index in [-0.39, 0.29) is 10.6 Å². The van der Waals surface area contributed by atoms with Crippen molar-refractivity contribution in [2.75, 3.05) is 12.4 Å². The van der Waals surface area contributed by atoms with Gasteiger partial charge < -0.3 is 10.1 Å². The second-order valence-electron chi connectivity index (χ2n) is 4.62. The summed E-state index contributed by atoms with van der Waals surface area (Å²) in [7, 11) is 1.22. The van der Waals surface area contributed by atoms with Gasteiger partial charge in [-0.05, 0) is 11.6 Å². The number of alkyl halides is 3. The number of thiophene rings is 1. The van der Waals surface area contributed by atoms with Gasteiger partial charge in [-0.2, -0.15) is 0 Å². The summed E-state index contributed by atoms with van der Waals surface area (Å²) >= 11 is 17.3. The minimum atomic E-state index is -2.29. The van der Waals surface area contributed by atoms with E-state index in [1.165, 1.54) is 7.11 Å². The van der Waals surface area contributed by atoms with Crippen LogP contribution in [0.2, 0.25) is 0 Å². The molecule has 2 aromatic rings. The standard InChI is InChI=1S/C15H11Cl3N2O4S/c1-24-12(21)11-9(19-14(23)20-13(22)15(16,17)18)7-10(25-11)8-5-3-2-4-6-8/h2-7H,1H3,(H2,19,20,22,23). The summed E-state index contributed by atoms with van der Waals surface area (Å²) < 4.78 is 2.43. The van der Waals surface area contributed by atoms with Gasteiger partial charge in [-0.15, -0.1) is 11.3 Å². The first-order valence-electron chi connectivity index (χ1n) is 6.69. The maximum atomic E-state index is 11.9. The topological polar surface area (TPSA) is 84.5 Å². The van der Waals surface area contributed by atoms with Crippen molar-refractivity contribution in [2.45, 2.75) is 3.79 Å². The lowest BCUT2D eigenvalue weighted by atomic mass is 10.2. The van der Waals surface area contributed by atoms with Crippen molar-refractivity contribution in [1.29, 1.82) is 0 Å². The lowest BCUT2D eigenvalue weighted by Gasteiger charge is -2.11. The number of urea groups is 1. The predicted octanol–water partition coefficient (Wildman–Crippen LogP) is 4.22. The molecule has 2 N–H and O–H groups in total. The SMILES string of the molecule is COC(=O)c1sc(-c2ccccc2)cc1NC(=O)NC(=O)C(Cl)(Cl)Cl. The van der Waals surface area contributed by atoms with Crippen LogP contribution in [0.3, 0.4) is 0 Å². The Morgan fingerprint density at radius 2 is 1.76 bits per heavy atom. The lowest BCUT2D eigenvalue weighted by Crippen LogP contribution is -2.41. The van der Waals surface area contributed by atoms with Crippen molar-refractivity contribution < 1.29 is 19.1 Å². The van der Waals surface area contributed by atoms with Crippen LogP contribution in [-0.2, 0) is 9.53 Å². The minimum Gasteiger partial charge on any atom is -0.465 e. The molecule has 0 aliphatic rings. The number of hydrogen-bond acceptors (Lipinski definition) is 5. The highest BCUT2D eigenvalue weighted by Crippen LogP contribution is 2.35. The number of rotatable bonds is 3. The number of hydrogen-bond donors (Lipinski definition) is 2. The molecular formula is C15H11Cl3N2O4S. The van der Waals surface area contributed by atoms with Crippen LogP contribution in [0.5, 0.6) is 0 Å². The molecule has 0 saturated heterocycles. The van der Waals surface area contributed by atoms with Gasteiger partial charge in [-0.3, -0.25) is 10.1 Å². The van der Waals surface area contributed by atoms with Crippen LogP contribution in [0.25, 0.3) is 10.4 Å². The lowest BCUT2D eigenvalue weighted by molar-refractivity contribution is -0.119. The highest BCUT2D eigenvalue weighted by atomic mass is 35.6. The van der Waals surface area contributed by atoms with Gasteiger partial charge in [0.05, 0.1) is 12.8 Å². The molecule has 0 aliphatic heterocycles. The van der Waals surface area contributed by atoms with E-state index in [4.69, 9.17) is 39.5 Å². The number of anilines is 1. The maximum Gasteiger partial charge on any atom is 0.350 e. The number of imide groups is 1. The molecule has 1 aromatic carbocycles. The van der Waals surface area contributed by atoms with Crippen LogP contribution in [0, 0.1) is 0 Å². The Balaban J connectivity index is 2.27. The van der Waals surface area contributed by atoms with Gasteiger partial charge in [-0.1, -0.05) is 65.1 Å². The van der Waals surface area contributed by atoms with Crippen LogP contribution < -0.4 is 10.6 Å². The Bertz CT molecular complexity index is 803. The third-order valence-electron chi connectivity index (χ3n) is 2.89. The van der Waals surface area contributed by atoms with E-state index in [2.05, 4.69) is 5.32 Å². The van der Waals surface area contributed by atoms with E-state index in [0.717, 1.165) is 21.8 Å². The van der Waals surface area contributed by atoms with E-state index in [0.29, 0.717) is 0 Å². The third-order valence-corrected chi connectivity index (χ3v) is 4.57. The smallest absolute Gasteiger partial charge is 0.350 e. The zero-order valence-electron chi connectivity index (χ0n) is 12.6. The molecule has 132 valence electrons. The third kappa shape index (κ3) is 5.09. The molecule has 0 aliphatic carbocycles. The zero-order chi connectivity index (χ0) is 18.6. The highest BCUT2D eigenvalue weighted by molar-refractivity contribution is 7.18. The van der Waals surface area contributed by atoms with E-state index in [1.807, 2.05) is 35.6 Å². The molecule has 1 aromatic heterocycles. The summed E-state index contributed by atoms with van der Waals surface area (Å²) in [6.45, 7) is 0. The van der Waals surface area contributed by atoms with Crippen molar-refractivity contribution in [3.05, 3.63) is 41.3 Å². The molecule has 3 amide bonds. The van der Waals surface area contributed by atoms with Crippen molar-refractivity contribution in [3.8, 4) is 10.4 Å². The Morgan fingerprint density at radius 3 is 2.32 bits per heavy atom. The molecule has 0 radical (unpaired) electrons. The number of ether oxygens (including phenoxy) is 1. The number of benzene rings is 1. The highest BCUT2D eigenvalue weighted by Gasteiger charge is 2.32. The van der Waals surface area contributed by atoms with Crippen LogP contribution in [0.4, 0.5) is 10.5 Å². The van der Waals surface area contributed by atoms with Gasteiger partial charge >= 0.3 is 12.0 Å². The molecule has 10 heteroatoms. The number of halogens is 3. The summed E-state index contributed by atoms with van der Waals surface area (Å²) in [5, 5.41) is 4.25. The van der Waals surface area contributed by atoms with Gasteiger partial charge in [-0.25, -0.2) is 9.59 Å². The van der Waals surface area contributed by atoms with Crippen LogP contribution >= 0.6 is 46.1 Å². The average Bonchev–Trinajstić information content (AvgIpc) is 2.97. The van der Waals surface area contributed by atoms with Gasteiger partial charge in [0.2, 0.25) is 0 Å². The van der Waals surface area contributed by atoms with Crippen molar-refractivity contribution >= 4 is 69.7 Å². The number of esters is 1. The first-order chi connectivity index (χ1) is 11.7. The number of nitrogens with one attached hydrogen (secondary N) is 2. The Morgan fingerprint density at radius 1 is 1.12 bits per heavy atom. The van der Waals surface area contributed by atoms with E-state index < -0.39 is 21.7 Å². The normalized spacial score (nSPS) is 10.9. The van der Waals surface area contributed by atoms with Gasteiger partial charge in [0, 0.05) is 4.88 Å². The molecule has 0 unspecified atom stereocenters. The zero-order valence-corrected chi connectivity index (χ0v) is 15.7. The Hall–Kier alpha value is -1.80. The molecule has 0 fully saturated rings. The fourth-order valence-electron chi connectivity index (χ4n) is 1.80. The quantitative estimate of drug-likeness (QED) is 0.574. The molecule has 25 heavy (non-hydrogen) atoms. The Labute approximate surface area is 162 Å². The summed E-state index contributed by atoms with van der Waals surface area (Å²) in [6, 6.07) is 9.88.